The lowest BCUT2D eigenvalue weighted by Crippen LogP contribution is -2.23. The third kappa shape index (κ3) is 6.18. The monoisotopic (exact) mass is 293 g/mol. The molecular weight excluding hydrogens is 270 g/mol. The molecule has 0 heterocycles. The highest BCUT2D eigenvalue weighted by Gasteiger charge is 2.04. The van der Waals surface area contributed by atoms with Crippen LogP contribution in [0.5, 0.6) is 11.5 Å². The first-order chi connectivity index (χ1) is 10.1. The van der Waals surface area contributed by atoms with Crippen molar-refractivity contribution < 1.29 is 14.2 Å². The Morgan fingerprint density at radius 3 is 2.62 bits per heavy atom. The maximum absolute atomic E-state index is 5.80. The van der Waals surface area contributed by atoms with Crippen molar-refractivity contribution in [3.63, 3.8) is 0 Å². The Kier molecular flexibility index (Phi) is 7.11. The van der Waals surface area contributed by atoms with Crippen molar-refractivity contribution in [2.75, 3.05) is 39.3 Å². The summed E-state index contributed by atoms with van der Waals surface area (Å²) in [6, 6.07) is 5.42. The van der Waals surface area contributed by atoms with E-state index in [4.69, 9.17) is 19.9 Å². The van der Waals surface area contributed by atoms with Crippen LogP contribution in [0.4, 0.5) is 5.69 Å². The third-order valence-corrected chi connectivity index (χ3v) is 2.52. The van der Waals surface area contributed by atoms with Crippen molar-refractivity contribution in [3.8, 4) is 11.5 Å². The number of methoxy groups -OCH3 is 2. The van der Waals surface area contributed by atoms with E-state index in [2.05, 4.69) is 16.9 Å². The van der Waals surface area contributed by atoms with Gasteiger partial charge in [-0.15, -0.1) is 0 Å². The fourth-order valence-corrected chi connectivity index (χ4v) is 1.58. The Bertz CT molecular complexity index is 501. The van der Waals surface area contributed by atoms with Crippen LogP contribution >= 0.6 is 0 Å². The van der Waals surface area contributed by atoms with E-state index in [0.717, 1.165) is 11.3 Å². The third-order valence-electron chi connectivity index (χ3n) is 2.52. The van der Waals surface area contributed by atoms with E-state index in [-0.39, 0.29) is 0 Å². The molecule has 0 atom stereocenters. The number of aliphatic imine (C=N–C) groups is 1. The van der Waals surface area contributed by atoms with Gasteiger partial charge in [0.2, 0.25) is 0 Å². The smallest absolute Gasteiger partial charge is 0.193 e. The summed E-state index contributed by atoms with van der Waals surface area (Å²) < 4.78 is 15.7. The summed E-state index contributed by atoms with van der Waals surface area (Å²) in [7, 11) is 3.17. The van der Waals surface area contributed by atoms with Crippen LogP contribution in [-0.2, 0) is 4.74 Å². The topological polar surface area (TPSA) is 78.1 Å². The van der Waals surface area contributed by atoms with Gasteiger partial charge in [-0.2, -0.15) is 0 Å². The minimum Gasteiger partial charge on any atom is -0.493 e. The zero-order valence-electron chi connectivity index (χ0n) is 12.8. The van der Waals surface area contributed by atoms with E-state index in [1.165, 1.54) is 0 Å². The Labute approximate surface area is 125 Å². The van der Waals surface area contributed by atoms with Crippen LogP contribution in [0, 0.1) is 0 Å². The molecule has 0 bridgehead atoms. The minimum atomic E-state index is 0.321. The van der Waals surface area contributed by atoms with E-state index in [1.807, 2.05) is 13.0 Å². The molecule has 6 nitrogen and oxygen atoms in total. The van der Waals surface area contributed by atoms with Gasteiger partial charge < -0.3 is 25.3 Å². The van der Waals surface area contributed by atoms with Crippen molar-refractivity contribution in [3.05, 3.63) is 30.4 Å². The summed E-state index contributed by atoms with van der Waals surface area (Å²) in [5.74, 6) is 1.60. The summed E-state index contributed by atoms with van der Waals surface area (Å²) in [5.41, 5.74) is 7.56. The fraction of sp³-hybridized carbons (Fsp3) is 0.400. The molecule has 0 aliphatic heterocycles. The minimum absolute atomic E-state index is 0.321. The summed E-state index contributed by atoms with van der Waals surface area (Å²) in [4.78, 5) is 4.17. The number of hydrogen-bond donors (Lipinski definition) is 2. The van der Waals surface area contributed by atoms with E-state index in [9.17, 15) is 0 Å². The SMILES string of the molecule is C=C(C)COCCN=C(N)Nc1ccc(OC)c(OC)c1. The van der Waals surface area contributed by atoms with E-state index >= 15 is 0 Å². The number of ether oxygens (including phenoxy) is 3. The molecule has 0 aromatic heterocycles. The lowest BCUT2D eigenvalue weighted by molar-refractivity contribution is 0.165. The fourth-order valence-electron chi connectivity index (χ4n) is 1.58. The van der Waals surface area contributed by atoms with Gasteiger partial charge in [0.1, 0.15) is 0 Å². The Hall–Kier alpha value is -2.21. The van der Waals surface area contributed by atoms with Crippen molar-refractivity contribution in [2.45, 2.75) is 6.92 Å². The second-order valence-corrected chi connectivity index (χ2v) is 4.47. The number of nitrogens with one attached hydrogen (secondary N) is 1. The molecule has 0 radical (unpaired) electrons. The van der Waals surface area contributed by atoms with E-state index < -0.39 is 0 Å². The highest BCUT2D eigenvalue weighted by molar-refractivity contribution is 5.92. The standard InChI is InChI=1S/C15H23N3O3/c1-11(2)10-21-8-7-17-15(16)18-12-5-6-13(19-3)14(9-12)20-4/h5-6,9H,1,7-8,10H2,2-4H3,(H3,16,17,18). The van der Waals surface area contributed by atoms with Crippen molar-refractivity contribution in [1.29, 1.82) is 0 Å². The highest BCUT2D eigenvalue weighted by Crippen LogP contribution is 2.29. The Balaban J connectivity index is 2.50. The van der Waals surface area contributed by atoms with Crippen LogP contribution in [0.2, 0.25) is 0 Å². The average Bonchev–Trinajstić information content (AvgIpc) is 2.46. The molecule has 1 aromatic carbocycles. The van der Waals surface area contributed by atoms with Gasteiger partial charge in [0, 0.05) is 11.8 Å². The van der Waals surface area contributed by atoms with Gasteiger partial charge in [-0.3, -0.25) is 4.99 Å². The molecule has 6 heteroatoms. The first-order valence-corrected chi connectivity index (χ1v) is 6.58. The van der Waals surface area contributed by atoms with Crippen molar-refractivity contribution in [2.24, 2.45) is 10.7 Å². The lowest BCUT2D eigenvalue weighted by atomic mass is 10.3. The van der Waals surface area contributed by atoms with Gasteiger partial charge in [-0.1, -0.05) is 12.2 Å². The Morgan fingerprint density at radius 1 is 1.29 bits per heavy atom. The second kappa shape index (κ2) is 8.86. The predicted octanol–water partition coefficient (Wildman–Crippen LogP) is 2.02. The zero-order chi connectivity index (χ0) is 15.7. The normalized spacial score (nSPS) is 11.1. The van der Waals surface area contributed by atoms with E-state index in [1.54, 1.807) is 26.4 Å². The predicted molar refractivity (Wildman–Crippen MR) is 85.3 cm³/mol. The van der Waals surface area contributed by atoms with Gasteiger partial charge in [-0.05, 0) is 19.1 Å². The van der Waals surface area contributed by atoms with Crippen LogP contribution in [0.15, 0.2) is 35.3 Å². The molecule has 0 saturated carbocycles. The molecule has 21 heavy (non-hydrogen) atoms. The maximum atomic E-state index is 5.80. The quantitative estimate of drug-likeness (QED) is 0.332. The molecular formula is C15H23N3O3. The molecule has 0 unspecified atom stereocenters. The molecule has 1 aromatic rings. The number of guanidine groups is 1. The van der Waals surface area contributed by atoms with Gasteiger partial charge in [0.15, 0.2) is 17.5 Å². The number of rotatable bonds is 8. The van der Waals surface area contributed by atoms with Gasteiger partial charge in [-0.25, -0.2) is 0 Å². The van der Waals surface area contributed by atoms with Gasteiger partial charge >= 0.3 is 0 Å². The highest BCUT2D eigenvalue weighted by atomic mass is 16.5. The zero-order valence-corrected chi connectivity index (χ0v) is 12.8. The molecule has 116 valence electrons. The van der Waals surface area contributed by atoms with Crippen molar-refractivity contribution in [1.82, 2.24) is 0 Å². The molecule has 0 spiro atoms. The van der Waals surface area contributed by atoms with Crippen molar-refractivity contribution >= 4 is 11.6 Å². The van der Waals surface area contributed by atoms with E-state index in [0.29, 0.717) is 37.2 Å². The molecule has 0 fully saturated rings. The molecule has 1 rings (SSSR count). The first-order valence-electron chi connectivity index (χ1n) is 6.58. The van der Waals surface area contributed by atoms with Gasteiger partial charge in [0.25, 0.3) is 0 Å². The summed E-state index contributed by atoms with van der Waals surface area (Å²) >= 11 is 0. The molecule has 3 N–H and O–H groups in total. The summed E-state index contributed by atoms with van der Waals surface area (Å²) in [6.07, 6.45) is 0. The van der Waals surface area contributed by atoms with Crippen LogP contribution in [-0.4, -0.2) is 39.9 Å². The second-order valence-electron chi connectivity index (χ2n) is 4.47. The number of nitrogens with zero attached hydrogens (tertiary/aromatic N) is 1. The van der Waals surface area contributed by atoms with Gasteiger partial charge in [0.05, 0.1) is 34.0 Å². The van der Waals surface area contributed by atoms with Crippen LogP contribution in [0.3, 0.4) is 0 Å². The summed E-state index contributed by atoms with van der Waals surface area (Å²) in [6.45, 7) is 7.19. The first kappa shape index (κ1) is 16.8. The number of anilines is 1. The number of benzene rings is 1. The van der Waals surface area contributed by atoms with Crippen LogP contribution in [0.25, 0.3) is 0 Å². The maximum Gasteiger partial charge on any atom is 0.193 e. The number of hydrogen-bond acceptors (Lipinski definition) is 4. The van der Waals surface area contributed by atoms with Crippen LogP contribution < -0.4 is 20.5 Å². The Morgan fingerprint density at radius 2 is 2.00 bits per heavy atom. The summed E-state index contributed by atoms with van der Waals surface area (Å²) in [5, 5.41) is 2.99. The lowest BCUT2D eigenvalue weighted by Gasteiger charge is -2.11. The molecule has 0 aliphatic carbocycles. The molecule has 0 aliphatic rings. The largest absolute Gasteiger partial charge is 0.493 e. The van der Waals surface area contributed by atoms with Crippen LogP contribution in [0.1, 0.15) is 6.92 Å². The number of nitrogens with two attached hydrogens (primary N) is 1. The molecule has 0 amide bonds. The molecule has 0 saturated heterocycles. The average molecular weight is 293 g/mol.